The summed E-state index contributed by atoms with van der Waals surface area (Å²) < 4.78 is 9.76. The zero-order valence-electron chi connectivity index (χ0n) is 20.1. The van der Waals surface area contributed by atoms with Crippen LogP contribution < -0.4 is 40.0 Å². The fourth-order valence-electron chi connectivity index (χ4n) is 3.74. The van der Waals surface area contributed by atoms with E-state index < -0.39 is 12.1 Å². The van der Waals surface area contributed by atoms with Crippen LogP contribution in [0.4, 0.5) is 10.5 Å². The normalized spacial score (nSPS) is 10.4. The van der Waals surface area contributed by atoms with Gasteiger partial charge in [-0.2, -0.15) is 4.37 Å². The number of hydrogen-bond donors (Lipinski definition) is 1. The van der Waals surface area contributed by atoms with Gasteiger partial charge in [0.2, 0.25) is 0 Å². The molecule has 3 aromatic carbocycles. The van der Waals surface area contributed by atoms with Crippen LogP contribution >= 0.6 is 23.1 Å². The summed E-state index contributed by atoms with van der Waals surface area (Å²) >= 11 is 7.43. The van der Waals surface area contributed by atoms with Gasteiger partial charge in [-0.25, -0.2) is 4.79 Å². The van der Waals surface area contributed by atoms with E-state index in [1.807, 2.05) is 62.4 Å². The van der Waals surface area contributed by atoms with E-state index in [0.717, 1.165) is 32.7 Å². The minimum absolute atomic E-state index is 0. The molecular weight excluding hydrogens is 507 g/mol. The van der Waals surface area contributed by atoms with E-state index >= 15 is 0 Å². The molecule has 178 valence electrons. The molecular formula is C27H22ClN2NaO4S. The number of hydrogen-bond acceptors (Lipinski definition) is 6. The van der Waals surface area contributed by atoms with Gasteiger partial charge in [0.1, 0.15) is 6.61 Å². The molecule has 0 atom stereocenters. The number of halogens is 1. The van der Waals surface area contributed by atoms with Gasteiger partial charge in [0.05, 0.1) is 16.3 Å². The van der Waals surface area contributed by atoms with Crippen LogP contribution in [0.1, 0.15) is 22.4 Å². The Labute approximate surface area is 240 Å². The fourth-order valence-corrected chi connectivity index (χ4v) is 4.78. The van der Waals surface area contributed by atoms with Crippen molar-refractivity contribution in [3.05, 3.63) is 94.1 Å². The molecule has 4 rings (SSSR count). The van der Waals surface area contributed by atoms with Crippen molar-refractivity contribution in [1.29, 1.82) is 0 Å². The van der Waals surface area contributed by atoms with Crippen LogP contribution in [-0.4, -0.2) is 16.4 Å². The van der Waals surface area contributed by atoms with Crippen LogP contribution in [0.5, 0.6) is 0 Å². The van der Waals surface area contributed by atoms with Gasteiger partial charge < -0.3 is 14.6 Å². The number of aliphatic carboxylic acids is 1. The zero-order chi connectivity index (χ0) is 24.9. The number of ether oxygens (including phenoxy) is 1. The Hall–Kier alpha value is -2.68. The van der Waals surface area contributed by atoms with Gasteiger partial charge in [0.15, 0.2) is 0 Å². The summed E-state index contributed by atoms with van der Waals surface area (Å²) in [7, 11) is 0. The SMILES string of the molecule is Cc1cc(CC(=O)[O-])ccc1-c1ccc(-c2snc(C)c2NC(=O)OCc2ccccc2Cl)cc1.[Na+]. The third-order valence-corrected chi connectivity index (χ3v) is 6.86. The predicted octanol–water partition coefficient (Wildman–Crippen LogP) is 2.79. The van der Waals surface area contributed by atoms with Gasteiger partial charge in [-0.05, 0) is 59.3 Å². The third kappa shape index (κ3) is 6.75. The van der Waals surface area contributed by atoms with Crippen LogP contribution in [0.2, 0.25) is 5.02 Å². The van der Waals surface area contributed by atoms with E-state index in [1.54, 1.807) is 18.2 Å². The molecule has 0 unspecified atom stereocenters. The number of carboxylic acids is 1. The maximum atomic E-state index is 12.5. The molecule has 1 heterocycles. The van der Waals surface area contributed by atoms with Crippen LogP contribution in [0.15, 0.2) is 66.7 Å². The van der Waals surface area contributed by atoms with Gasteiger partial charge in [-0.15, -0.1) is 0 Å². The number of rotatable bonds is 7. The average Bonchev–Trinajstić information content (AvgIpc) is 3.18. The minimum atomic E-state index is -1.10. The quantitative estimate of drug-likeness (QED) is 0.372. The summed E-state index contributed by atoms with van der Waals surface area (Å²) in [5, 5.41) is 14.2. The topological polar surface area (TPSA) is 91.4 Å². The molecule has 0 spiro atoms. The second-order valence-corrected chi connectivity index (χ2v) is 9.22. The number of carboxylic acid groups (broad SMARTS) is 1. The van der Waals surface area contributed by atoms with E-state index in [4.69, 9.17) is 16.3 Å². The Kier molecular flexibility index (Phi) is 9.70. The van der Waals surface area contributed by atoms with Crippen molar-refractivity contribution in [1.82, 2.24) is 4.37 Å². The average molecular weight is 529 g/mol. The van der Waals surface area contributed by atoms with E-state index in [0.29, 0.717) is 22.0 Å². The zero-order valence-corrected chi connectivity index (χ0v) is 23.7. The first-order valence-corrected chi connectivity index (χ1v) is 12.0. The number of nitrogens with one attached hydrogen (secondary N) is 1. The van der Waals surface area contributed by atoms with Crippen molar-refractivity contribution < 1.29 is 49.0 Å². The number of nitrogens with zero attached hydrogens (tertiary/aromatic N) is 1. The van der Waals surface area contributed by atoms with Crippen LogP contribution in [0.25, 0.3) is 21.6 Å². The fraction of sp³-hybridized carbons (Fsp3) is 0.148. The molecule has 0 bridgehead atoms. The molecule has 36 heavy (non-hydrogen) atoms. The molecule has 0 radical (unpaired) electrons. The molecule has 1 amide bonds. The first-order chi connectivity index (χ1) is 16.8. The Morgan fingerprint density at radius 3 is 2.39 bits per heavy atom. The Morgan fingerprint density at radius 2 is 1.72 bits per heavy atom. The van der Waals surface area contributed by atoms with E-state index in [1.165, 1.54) is 11.5 Å². The molecule has 1 aromatic heterocycles. The maximum Gasteiger partial charge on any atom is 1.00 e. The van der Waals surface area contributed by atoms with Crippen molar-refractivity contribution in [2.45, 2.75) is 26.9 Å². The molecule has 0 aliphatic rings. The molecule has 4 aromatic rings. The number of carbonyl (C=O) groups is 2. The van der Waals surface area contributed by atoms with Crippen molar-refractivity contribution in [2.24, 2.45) is 0 Å². The molecule has 0 aliphatic carbocycles. The summed E-state index contributed by atoms with van der Waals surface area (Å²) in [4.78, 5) is 24.1. The second kappa shape index (κ2) is 12.5. The Balaban J connectivity index is 0.00000361. The second-order valence-electron chi connectivity index (χ2n) is 8.04. The van der Waals surface area contributed by atoms with Crippen molar-refractivity contribution in [3.8, 4) is 21.6 Å². The number of amides is 1. The molecule has 0 saturated carbocycles. The van der Waals surface area contributed by atoms with Crippen LogP contribution in [0.3, 0.4) is 0 Å². The predicted molar refractivity (Wildman–Crippen MR) is 136 cm³/mol. The van der Waals surface area contributed by atoms with Crippen molar-refractivity contribution in [2.75, 3.05) is 5.32 Å². The molecule has 0 aliphatic heterocycles. The number of aromatic nitrogens is 1. The maximum absolute atomic E-state index is 12.5. The number of benzene rings is 3. The monoisotopic (exact) mass is 528 g/mol. The van der Waals surface area contributed by atoms with Crippen LogP contribution in [-0.2, 0) is 22.6 Å². The number of anilines is 1. The molecule has 0 fully saturated rings. The molecule has 9 heteroatoms. The van der Waals surface area contributed by atoms with Crippen molar-refractivity contribution in [3.63, 3.8) is 0 Å². The van der Waals surface area contributed by atoms with Gasteiger partial charge in [0.25, 0.3) is 0 Å². The minimum Gasteiger partial charge on any atom is -0.550 e. The Morgan fingerprint density at radius 1 is 1.03 bits per heavy atom. The number of aryl methyl sites for hydroxylation is 2. The molecule has 6 nitrogen and oxygen atoms in total. The summed E-state index contributed by atoms with van der Waals surface area (Å²) in [5.41, 5.74) is 6.64. The Bertz CT molecular complexity index is 1390. The molecule has 1 N–H and O–H groups in total. The van der Waals surface area contributed by atoms with Gasteiger partial charge >= 0.3 is 35.7 Å². The standard InChI is InChI=1S/C27H23ClN2O4S.Na/c1-16-13-18(14-24(31)32)7-12-22(16)19-8-10-20(11-9-19)26-25(17(2)30-35-26)29-27(33)34-15-21-5-3-4-6-23(21)28;/h3-13H,14-15H2,1-2H3,(H,29,33)(H,31,32);/q;+1/p-1. The van der Waals surface area contributed by atoms with Gasteiger partial charge in [0, 0.05) is 23.0 Å². The van der Waals surface area contributed by atoms with E-state index in [-0.39, 0.29) is 42.6 Å². The summed E-state index contributed by atoms with van der Waals surface area (Å²) in [6.07, 6.45) is -0.695. The largest absolute Gasteiger partial charge is 1.00 e. The first kappa shape index (κ1) is 27.9. The van der Waals surface area contributed by atoms with Gasteiger partial charge in [-0.3, -0.25) is 5.32 Å². The van der Waals surface area contributed by atoms with E-state index in [2.05, 4.69) is 9.69 Å². The molecule has 0 saturated heterocycles. The number of carbonyl (C=O) groups excluding carboxylic acids is 2. The first-order valence-electron chi connectivity index (χ1n) is 10.9. The smallest absolute Gasteiger partial charge is 0.550 e. The van der Waals surface area contributed by atoms with E-state index in [9.17, 15) is 14.7 Å². The summed E-state index contributed by atoms with van der Waals surface area (Å²) in [6.45, 7) is 3.84. The summed E-state index contributed by atoms with van der Waals surface area (Å²) in [5.74, 6) is -1.10. The summed E-state index contributed by atoms with van der Waals surface area (Å²) in [6, 6.07) is 20.7. The van der Waals surface area contributed by atoms with Crippen molar-refractivity contribution >= 4 is 40.9 Å². The van der Waals surface area contributed by atoms with Gasteiger partial charge in [-0.1, -0.05) is 72.3 Å². The third-order valence-electron chi connectivity index (χ3n) is 5.50. The van der Waals surface area contributed by atoms with Crippen LogP contribution in [0, 0.1) is 13.8 Å².